The van der Waals surface area contributed by atoms with E-state index >= 15 is 0 Å². The van der Waals surface area contributed by atoms with Gasteiger partial charge in [-0.2, -0.15) is 0 Å². The zero-order chi connectivity index (χ0) is 16.2. The Labute approximate surface area is 135 Å². The van der Waals surface area contributed by atoms with Crippen LogP contribution in [0.1, 0.15) is 45.7 Å². The van der Waals surface area contributed by atoms with Crippen molar-refractivity contribution in [2.45, 2.75) is 26.2 Å². The highest BCUT2D eigenvalue weighted by Crippen LogP contribution is 2.20. The average molecular weight is 311 g/mol. The second-order valence-electron chi connectivity index (χ2n) is 5.92. The molecule has 2 N–H and O–H groups in total. The van der Waals surface area contributed by atoms with E-state index in [1.165, 1.54) is 6.42 Å². The number of aryl methyl sites for hydroxylation is 1. The summed E-state index contributed by atoms with van der Waals surface area (Å²) in [6.07, 6.45) is 5.02. The summed E-state index contributed by atoms with van der Waals surface area (Å²) in [5.41, 5.74) is 2.72. The number of hydrogen-bond acceptors (Lipinski definition) is 2. The van der Waals surface area contributed by atoms with Crippen LogP contribution in [0.5, 0.6) is 0 Å². The van der Waals surface area contributed by atoms with Crippen molar-refractivity contribution < 1.29 is 9.59 Å². The summed E-state index contributed by atoms with van der Waals surface area (Å²) in [5, 5.41) is 2.83. The molecule has 23 heavy (non-hydrogen) atoms. The quantitative estimate of drug-likeness (QED) is 0.914. The maximum atomic E-state index is 12.7. The Balaban J connectivity index is 1.78. The number of hydrogen-bond donors (Lipinski definition) is 2. The highest BCUT2D eigenvalue weighted by molar-refractivity contribution is 6.04. The summed E-state index contributed by atoms with van der Waals surface area (Å²) in [7, 11) is 0. The van der Waals surface area contributed by atoms with Crippen LogP contribution in [0.4, 0.5) is 5.69 Å². The van der Waals surface area contributed by atoms with Gasteiger partial charge in [-0.05, 0) is 56.0 Å². The Morgan fingerprint density at radius 1 is 1.13 bits per heavy atom. The number of carbonyl (C=O) groups excluding carboxylic acids is 2. The highest BCUT2D eigenvalue weighted by atomic mass is 16.2. The molecule has 1 aromatic heterocycles. The fourth-order valence-corrected chi connectivity index (χ4v) is 2.87. The van der Waals surface area contributed by atoms with Crippen LogP contribution in [0, 0.1) is 6.92 Å². The monoisotopic (exact) mass is 311 g/mol. The summed E-state index contributed by atoms with van der Waals surface area (Å²) in [6.45, 7) is 3.56. The van der Waals surface area contributed by atoms with E-state index in [2.05, 4.69) is 10.3 Å². The highest BCUT2D eigenvalue weighted by Gasteiger charge is 2.20. The van der Waals surface area contributed by atoms with Gasteiger partial charge in [0.2, 0.25) is 0 Å². The number of likely N-dealkylation sites (tertiary alicyclic amines) is 1. The van der Waals surface area contributed by atoms with Gasteiger partial charge in [0, 0.05) is 30.5 Å². The van der Waals surface area contributed by atoms with Crippen LogP contribution in [-0.4, -0.2) is 34.8 Å². The standard InChI is InChI=1S/C18H21N3O2/c1-13-7-8-14(20-17(22)16-6-5-9-19-16)12-15(13)18(23)21-10-3-2-4-11-21/h5-9,12,19H,2-4,10-11H2,1H3,(H,20,22). The van der Waals surface area contributed by atoms with Crippen LogP contribution < -0.4 is 5.32 Å². The van der Waals surface area contributed by atoms with Crippen molar-refractivity contribution in [3.8, 4) is 0 Å². The Hall–Kier alpha value is -2.56. The summed E-state index contributed by atoms with van der Waals surface area (Å²) in [6, 6.07) is 8.95. The predicted octanol–water partition coefficient (Wildman–Crippen LogP) is 3.20. The molecule has 0 radical (unpaired) electrons. The van der Waals surface area contributed by atoms with E-state index in [0.717, 1.165) is 31.5 Å². The zero-order valence-electron chi connectivity index (χ0n) is 13.3. The van der Waals surface area contributed by atoms with E-state index in [4.69, 9.17) is 0 Å². The smallest absolute Gasteiger partial charge is 0.272 e. The molecule has 0 bridgehead atoms. The van der Waals surface area contributed by atoms with Gasteiger partial charge >= 0.3 is 0 Å². The molecule has 1 fully saturated rings. The van der Waals surface area contributed by atoms with Crippen molar-refractivity contribution in [2.24, 2.45) is 0 Å². The minimum atomic E-state index is -0.213. The van der Waals surface area contributed by atoms with Crippen molar-refractivity contribution in [1.82, 2.24) is 9.88 Å². The first-order valence-electron chi connectivity index (χ1n) is 8.00. The molecule has 1 aliphatic heterocycles. The van der Waals surface area contributed by atoms with Gasteiger partial charge in [0.15, 0.2) is 0 Å². The lowest BCUT2D eigenvalue weighted by atomic mass is 10.0. The lowest BCUT2D eigenvalue weighted by molar-refractivity contribution is 0.0723. The van der Waals surface area contributed by atoms with E-state index in [0.29, 0.717) is 16.9 Å². The molecule has 1 aromatic carbocycles. The second kappa shape index (κ2) is 6.69. The fourth-order valence-electron chi connectivity index (χ4n) is 2.87. The lowest BCUT2D eigenvalue weighted by Gasteiger charge is -2.27. The third kappa shape index (κ3) is 3.44. The molecule has 1 aliphatic rings. The molecule has 2 heterocycles. The topological polar surface area (TPSA) is 65.2 Å². The summed E-state index contributed by atoms with van der Waals surface area (Å²) in [4.78, 5) is 29.6. The first-order valence-corrected chi connectivity index (χ1v) is 8.00. The SMILES string of the molecule is Cc1ccc(NC(=O)c2ccc[nH]2)cc1C(=O)N1CCCCC1. The van der Waals surface area contributed by atoms with Crippen LogP contribution in [-0.2, 0) is 0 Å². The Morgan fingerprint density at radius 2 is 1.91 bits per heavy atom. The van der Waals surface area contributed by atoms with Gasteiger partial charge in [-0.1, -0.05) is 6.07 Å². The van der Waals surface area contributed by atoms with Gasteiger partial charge in [-0.25, -0.2) is 0 Å². The van der Waals surface area contributed by atoms with E-state index in [9.17, 15) is 9.59 Å². The number of amides is 2. The maximum absolute atomic E-state index is 12.7. The number of anilines is 1. The minimum Gasteiger partial charge on any atom is -0.357 e. The molecule has 0 aliphatic carbocycles. The summed E-state index contributed by atoms with van der Waals surface area (Å²) >= 11 is 0. The van der Waals surface area contributed by atoms with Crippen molar-refractivity contribution in [3.63, 3.8) is 0 Å². The first-order chi connectivity index (χ1) is 11.1. The first kappa shape index (κ1) is 15.3. The minimum absolute atomic E-state index is 0.0539. The van der Waals surface area contributed by atoms with E-state index in [1.54, 1.807) is 24.4 Å². The van der Waals surface area contributed by atoms with Gasteiger partial charge in [-0.15, -0.1) is 0 Å². The van der Waals surface area contributed by atoms with Gasteiger partial charge in [0.25, 0.3) is 11.8 Å². The van der Waals surface area contributed by atoms with Crippen LogP contribution in [0.2, 0.25) is 0 Å². The summed E-state index contributed by atoms with van der Waals surface area (Å²) in [5.74, 6) is -0.159. The number of rotatable bonds is 3. The van der Waals surface area contributed by atoms with Gasteiger partial charge in [-0.3, -0.25) is 9.59 Å². The molecule has 5 nitrogen and oxygen atoms in total. The normalized spacial score (nSPS) is 14.6. The van der Waals surface area contributed by atoms with Gasteiger partial charge in [0.05, 0.1) is 0 Å². The number of piperidine rings is 1. The Morgan fingerprint density at radius 3 is 2.61 bits per heavy atom. The largest absolute Gasteiger partial charge is 0.357 e. The van der Waals surface area contributed by atoms with Crippen LogP contribution in [0.15, 0.2) is 36.5 Å². The molecular weight excluding hydrogens is 290 g/mol. The third-order valence-electron chi connectivity index (χ3n) is 4.21. The van der Waals surface area contributed by atoms with Crippen LogP contribution in [0.3, 0.4) is 0 Å². The molecule has 5 heteroatoms. The average Bonchev–Trinajstić information content (AvgIpc) is 3.11. The molecule has 0 saturated carbocycles. The molecule has 0 atom stereocenters. The third-order valence-corrected chi connectivity index (χ3v) is 4.21. The zero-order valence-corrected chi connectivity index (χ0v) is 13.3. The van der Waals surface area contributed by atoms with Gasteiger partial charge in [0.1, 0.15) is 5.69 Å². The molecular formula is C18H21N3O2. The number of nitrogens with zero attached hydrogens (tertiary/aromatic N) is 1. The fraction of sp³-hybridized carbons (Fsp3) is 0.333. The van der Waals surface area contributed by atoms with Crippen LogP contribution >= 0.6 is 0 Å². The lowest BCUT2D eigenvalue weighted by Crippen LogP contribution is -2.36. The van der Waals surface area contributed by atoms with Crippen molar-refractivity contribution in [1.29, 1.82) is 0 Å². The Bertz CT molecular complexity index is 701. The van der Waals surface area contributed by atoms with Crippen molar-refractivity contribution in [3.05, 3.63) is 53.3 Å². The number of benzene rings is 1. The number of carbonyl (C=O) groups is 2. The molecule has 1 saturated heterocycles. The van der Waals surface area contributed by atoms with Crippen molar-refractivity contribution >= 4 is 17.5 Å². The van der Waals surface area contributed by atoms with E-state index < -0.39 is 0 Å². The maximum Gasteiger partial charge on any atom is 0.272 e. The number of aromatic amines is 1. The van der Waals surface area contributed by atoms with Crippen LogP contribution in [0.25, 0.3) is 0 Å². The number of H-pyrrole nitrogens is 1. The van der Waals surface area contributed by atoms with E-state index in [1.807, 2.05) is 24.0 Å². The predicted molar refractivity (Wildman–Crippen MR) is 89.7 cm³/mol. The van der Waals surface area contributed by atoms with E-state index in [-0.39, 0.29) is 11.8 Å². The molecule has 3 rings (SSSR count). The number of aromatic nitrogens is 1. The second-order valence-corrected chi connectivity index (χ2v) is 5.92. The van der Waals surface area contributed by atoms with Crippen molar-refractivity contribution in [2.75, 3.05) is 18.4 Å². The summed E-state index contributed by atoms with van der Waals surface area (Å²) < 4.78 is 0. The molecule has 2 amide bonds. The molecule has 120 valence electrons. The Kier molecular flexibility index (Phi) is 4.46. The molecule has 0 spiro atoms. The molecule has 0 unspecified atom stereocenters. The van der Waals surface area contributed by atoms with Gasteiger partial charge < -0.3 is 15.2 Å². The molecule has 2 aromatic rings. The number of nitrogens with one attached hydrogen (secondary N) is 2.